The second-order valence-corrected chi connectivity index (χ2v) is 10.8. The first-order valence-corrected chi connectivity index (χ1v) is 13.3. The number of nitrogens with zero attached hydrogens (tertiary/aromatic N) is 1. The summed E-state index contributed by atoms with van der Waals surface area (Å²) in [6.45, 7) is 13.3. The van der Waals surface area contributed by atoms with E-state index in [1.807, 2.05) is 5.79 Å². The first-order valence-electron chi connectivity index (χ1n) is 9.27. The summed E-state index contributed by atoms with van der Waals surface area (Å²) in [4.78, 5) is 12.1. The number of amides is 1. The minimum atomic E-state index is -0.637. The third-order valence-corrected chi connectivity index (χ3v) is 5.95. The Morgan fingerprint density at radius 1 is 1.04 bits per heavy atom. The van der Waals surface area contributed by atoms with Crippen molar-refractivity contribution in [2.75, 3.05) is 0 Å². The Hall–Kier alpha value is -0.380. The highest BCUT2D eigenvalue weighted by atomic mass is 27.1. The average Bonchev–Trinajstić information content (AvgIpc) is 2.50. The standard InChI is InChI=1S/C17H25BNO2.2CH4.2CH3.2Al.2H/c1-16(2,3)12-9-11(7-8-14(20)19-18)10-13(15(12)21)17(4,5)6;;;;;;;;/h9-10H,7-8H2,1-6H3,(H-,19,20,21);2*1H4;2*1H3;;;;/q-1;;;;;2*+1;;/p-1. The second-order valence-electron chi connectivity index (χ2n) is 8.63. The Balaban J connectivity index is 0. The number of carbonyl (C=O) groups is 1. The third kappa shape index (κ3) is 8.25. The van der Waals surface area contributed by atoms with Crippen molar-refractivity contribution in [2.45, 2.75) is 91.6 Å². The van der Waals surface area contributed by atoms with Gasteiger partial charge in [-0.1, -0.05) is 80.1 Å². The number of hydrogen-bond acceptors (Lipinski definition) is 2. The van der Waals surface area contributed by atoms with Crippen molar-refractivity contribution in [1.82, 2.24) is 3.79 Å². The number of hydrogen-bond donors (Lipinski definition) is 0. The fourth-order valence-corrected chi connectivity index (χ4v) is 3.93. The third-order valence-electron chi connectivity index (χ3n) is 4.34. The molecule has 0 atom stereocenters. The molecule has 6 heteroatoms. The van der Waals surface area contributed by atoms with Gasteiger partial charge in [0.15, 0.2) is 13.9 Å². The molecule has 0 spiro atoms. The lowest BCUT2D eigenvalue weighted by atomic mass is 9.78. The average molecular weight is 403 g/mol. The summed E-state index contributed by atoms with van der Waals surface area (Å²) in [5.41, 5.74) is 3.67. The van der Waals surface area contributed by atoms with Crippen molar-refractivity contribution >= 4 is 44.9 Å². The fourth-order valence-electron chi connectivity index (χ4n) is 2.82. The van der Waals surface area contributed by atoms with Crippen molar-refractivity contribution in [3.63, 3.8) is 0 Å². The molecule has 1 aromatic rings. The highest BCUT2D eigenvalue weighted by molar-refractivity contribution is 6.46. The first kappa shape index (κ1) is 28.8. The fraction of sp³-hybridized carbons (Fsp3) is 0.667. The molecule has 0 heterocycles. The predicted molar refractivity (Wildman–Crippen MR) is 125 cm³/mol. The Morgan fingerprint density at radius 2 is 1.48 bits per heavy atom. The Labute approximate surface area is 183 Å². The molecular weight excluding hydrogens is 363 g/mol. The van der Waals surface area contributed by atoms with E-state index in [0.717, 1.165) is 12.2 Å². The quantitative estimate of drug-likeness (QED) is 0.651. The zero-order chi connectivity index (χ0) is 19.4. The van der Waals surface area contributed by atoms with Crippen LogP contribution in [0.1, 0.15) is 79.5 Å². The zero-order valence-electron chi connectivity index (χ0n) is 17.3. The summed E-state index contributed by atoms with van der Waals surface area (Å²) < 4.78 is 7.63. The lowest BCUT2D eigenvalue weighted by Gasteiger charge is -2.31. The van der Waals surface area contributed by atoms with E-state index in [4.69, 9.17) is 11.8 Å². The van der Waals surface area contributed by atoms with Crippen LogP contribution in [0.25, 0.3) is 0 Å². The Bertz CT molecular complexity index is 572. The highest BCUT2D eigenvalue weighted by Crippen LogP contribution is 2.40. The first-order chi connectivity index (χ1) is 11.4. The maximum Gasteiger partial charge on any atom is 0.518 e. The molecule has 1 amide bonds. The summed E-state index contributed by atoms with van der Waals surface area (Å²) in [6, 6.07) is 4.46. The van der Waals surface area contributed by atoms with E-state index < -0.39 is 31.0 Å². The van der Waals surface area contributed by atoms with Crippen molar-refractivity contribution in [3.8, 4) is 5.75 Å². The number of rotatable bonds is 6. The summed E-state index contributed by atoms with van der Waals surface area (Å²) in [5, 5.41) is 0. The largest absolute Gasteiger partial charge is 0.645 e. The van der Waals surface area contributed by atoms with Crippen LogP contribution in [-0.2, 0) is 22.0 Å². The van der Waals surface area contributed by atoms with Crippen molar-refractivity contribution < 1.29 is 8.58 Å². The van der Waals surface area contributed by atoms with Gasteiger partial charge in [0.05, 0.1) is 5.75 Å². The SMILES string of the molecule is C.C.[B][N]([AlH][CH3])C(=O)CCc1cc(C(C)(C)C)c([O][AlH][CH3])c(C(C)(C)C)c1. The van der Waals surface area contributed by atoms with Gasteiger partial charge >= 0.3 is 31.0 Å². The highest BCUT2D eigenvalue weighted by Gasteiger charge is 2.27. The molecule has 1 aromatic carbocycles. The molecule has 2 radical (unpaired) electrons. The van der Waals surface area contributed by atoms with E-state index in [-0.39, 0.29) is 31.6 Å². The molecule has 0 saturated heterocycles. The van der Waals surface area contributed by atoms with Gasteiger partial charge in [-0.3, -0.25) is 4.79 Å². The molecule has 0 aromatic heterocycles. The van der Waals surface area contributed by atoms with Crippen LogP contribution in [0.5, 0.6) is 5.75 Å². The van der Waals surface area contributed by atoms with Gasteiger partial charge in [-0.25, -0.2) is 0 Å². The molecule has 3 nitrogen and oxygen atoms in total. The smallest absolute Gasteiger partial charge is 0.518 e. The summed E-state index contributed by atoms with van der Waals surface area (Å²) in [6.07, 6.45) is 1.18. The van der Waals surface area contributed by atoms with Gasteiger partial charge in [-0.2, -0.15) is 0 Å². The number of carbonyl (C=O) groups excluding carboxylic acids is 1. The number of benzene rings is 1. The molecule has 1 rings (SSSR count). The van der Waals surface area contributed by atoms with Crippen LogP contribution in [-0.4, -0.2) is 48.7 Å². The predicted octanol–water partition coefficient (Wildman–Crippen LogP) is 4.58. The van der Waals surface area contributed by atoms with E-state index >= 15 is 0 Å². The van der Waals surface area contributed by atoms with Gasteiger partial charge in [0.25, 0.3) is 0 Å². The van der Waals surface area contributed by atoms with Crippen LogP contribution < -0.4 is 3.79 Å². The molecule has 0 N–H and O–H groups in total. The molecule has 0 aliphatic carbocycles. The molecule has 0 bridgehead atoms. The summed E-state index contributed by atoms with van der Waals surface area (Å²) in [7, 11) is 5.77. The molecule has 0 unspecified atom stereocenters. The lowest BCUT2D eigenvalue weighted by molar-refractivity contribution is -0.123. The van der Waals surface area contributed by atoms with Gasteiger partial charge in [-0.15, -0.1) is 0 Å². The maximum atomic E-state index is 12.1. The van der Waals surface area contributed by atoms with E-state index in [1.54, 1.807) is 0 Å². The second kappa shape index (κ2) is 11.6. The van der Waals surface area contributed by atoms with E-state index in [0.29, 0.717) is 6.42 Å². The van der Waals surface area contributed by atoms with Gasteiger partial charge in [0.1, 0.15) is 0 Å². The topological polar surface area (TPSA) is 29.5 Å². The van der Waals surface area contributed by atoms with E-state index in [1.165, 1.54) is 20.5 Å². The Morgan fingerprint density at radius 3 is 1.81 bits per heavy atom. The lowest BCUT2D eigenvalue weighted by Crippen LogP contribution is -2.30. The van der Waals surface area contributed by atoms with Gasteiger partial charge in [0.2, 0.25) is 0 Å². The summed E-state index contributed by atoms with van der Waals surface area (Å²) in [5.74, 6) is 5.29. The molecule has 0 saturated carbocycles. The van der Waals surface area contributed by atoms with Gasteiger partial charge in [0, 0.05) is 6.42 Å². The number of aryl methyl sites for hydroxylation is 1. The Kier molecular flexibility index (Phi) is 12.4. The molecular formula is C21H40Al2BNO2. The summed E-state index contributed by atoms with van der Waals surface area (Å²) >= 11 is -1.20. The van der Waals surface area contributed by atoms with Crippen LogP contribution in [0.4, 0.5) is 0 Å². The minimum absolute atomic E-state index is 0. The van der Waals surface area contributed by atoms with Crippen LogP contribution in [0.15, 0.2) is 12.1 Å². The molecule has 0 fully saturated rings. The zero-order valence-corrected chi connectivity index (χ0v) is 20.2. The van der Waals surface area contributed by atoms with Crippen molar-refractivity contribution in [1.29, 1.82) is 0 Å². The molecule has 150 valence electrons. The van der Waals surface area contributed by atoms with Crippen LogP contribution >= 0.6 is 0 Å². The molecule has 0 aliphatic rings. The van der Waals surface area contributed by atoms with Crippen molar-refractivity contribution in [3.05, 3.63) is 28.8 Å². The van der Waals surface area contributed by atoms with Gasteiger partial charge < -0.3 is 7.58 Å². The molecule has 27 heavy (non-hydrogen) atoms. The monoisotopic (exact) mass is 403 g/mol. The normalized spacial score (nSPS) is 11.0. The van der Waals surface area contributed by atoms with Gasteiger partial charge in [-0.05, 0) is 33.9 Å². The maximum absolute atomic E-state index is 12.1. The van der Waals surface area contributed by atoms with Crippen LogP contribution in [0.2, 0.25) is 11.6 Å². The van der Waals surface area contributed by atoms with Crippen LogP contribution in [0.3, 0.4) is 0 Å². The van der Waals surface area contributed by atoms with Crippen LogP contribution in [0, 0.1) is 0 Å². The van der Waals surface area contributed by atoms with Crippen molar-refractivity contribution in [2.24, 2.45) is 0 Å². The molecule has 0 aliphatic heterocycles. The van der Waals surface area contributed by atoms with E-state index in [9.17, 15) is 4.79 Å². The van der Waals surface area contributed by atoms with E-state index in [2.05, 4.69) is 59.5 Å². The minimum Gasteiger partial charge on any atom is -0.645 e.